The van der Waals surface area contributed by atoms with Crippen LogP contribution in [0.3, 0.4) is 0 Å². The van der Waals surface area contributed by atoms with Crippen LogP contribution in [0.2, 0.25) is 0 Å². The van der Waals surface area contributed by atoms with Gasteiger partial charge in [-0.3, -0.25) is 4.79 Å². The molecule has 1 aromatic carbocycles. The van der Waals surface area contributed by atoms with Crippen molar-refractivity contribution in [1.82, 2.24) is 4.72 Å². The number of hydrogen-bond donors (Lipinski definition) is 2. The standard InChI is InChI=1S/C13H19NO4S2/c1-13(2,9-8-12(15)16)14-20(17,18)11-7-5-4-6-10(11)19-3/h4-7,14H,8-9H2,1-3H3,(H,15,16). The number of rotatable bonds is 7. The van der Waals surface area contributed by atoms with E-state index in [-0.39, 0.29) is 17.7 Å². The van der Waals surface area contributed by atoms with Gasteiger partial charge in [0.15, 0.2) is 0 Å². The van der Waals surface area contributed by atoms with Crippen molar-refractivity contribution in [2.75, 3.05) is 6.26 Å². The Kier molecular flexibility index (Phi) is 5.61. The summed E-state index contributed by atoms with van der Waals surface area (Å²) in [6.07, 6.45) is 1.95. The average molecular weight is 317 g/mol. The lowest BCUT2D eigenvalue weighted by Crippen LogP contribution is -2.43. The van der Waals surface area contributed by atoms with Gasteiger partial charge in [-0.2, -0.15) is 0 Å². The molecule has 20 heavy (non-hydrogen) atoms. The molecule has 5 nitrogen and oxygen atoms in total. The minimum absolute atomic E-state index is 0.0836. The van der Waals surface area contributed by atoms with Gasteiger partial charge >= 0.3 is 5.97 Å². The predicted octanol–water partition coefficient (Wildman–Crippen LogP) is 2.33. The molecule has 0 fully saturated rings. The third kappa shape index (κ3) is 4.81. The molecule has 0 saturated heterocycles. The van der Waals surface area contributed by atoms with E-state index in [2.05, 4.69) is 4.72 Å². The van der Waals surface area contributed by atoms with Gasteiger partial charge in [0.1, 0.15) is 0 Å². The van der Waals surface area contributed by atoms with E-state index in [9.17, 15) is 13.2 Å². The third-order valence-corrected chi connectivity index (χ3v) is 5.41. The first-order chi connectivity index (χ1) is 9.18. The number of thioether (sulfide) groups is 1. The molecule has 7 heteroatoms. The number of carboxylic acid groups (broad SMARTS) is 1. The van der Waals surface area contributed by atoms with Gasteiger partial charge < -0.3 is 5.11 Å². The predicted molar refractivity (Wildman–Crippen MR) is 79.5 cm³/mol. The molecule has 1 aromatic rings. The zero-order valence-corrected chi connectivity index (χ0v) is 13.3. The number of aliphatic carboxylic acids is 1. The Hall–Kier alpha value is -1.05. The Morgan fingerprint density at radius 1 is 1.35 bits per heavy atom. The number of nitrogens with one attached hydrogen (secondary N) is 1. The molecule has 0 atom stereocenters. The van der Waals surface area contributed by atoms with Gasteiger partial charge in [0.25, 0.3) is 0 Å². The zero-order valence-electron chi connectivity index (χ0n) is 11.7. The summed E-state index contributed by atoms with van der Waals surface area (Å²) in [6.45, 7) is 3.35. The van der Waals surface area contributed by atoms with Crippen LogP contribution in [0.15, 0.2) is 34.1 Å². The largest absolute Gasteiger partial charge is 0.481 e. The van der Waals surface area contributed by atoms with E-state index in [4.69, 9.17) is 5.11 Å². The quantitative estimate of drug-likeness (QED) is 0.754. The second-order valence-electron chi connectivity index (χ2n) is 5.03. The van der Waals surface area contributed by atoms with Gasteiger partial charge in [-0.25, -0.2) is 13.1 Å². The number of benzene rings is 1. The van der Waals surface area contributed by atoms with Gasteiger partial charge in [0, 0.05) is 16.9 Å². The maximum absolute atomic E-state index is 12.4. The van der Waals surface area contributed by atoms with Crippen LogP contribution in [0.4, 0.5) is 0 Å². The molecular formula is C13H19NO4S2. The fourth-order valence-electron chi connectivity index (χ4n) is 1.73. The van der Waals surface area contributed by atoms with E-state index < -0.39 is 21.5 Å². The van der Waals surface area contributed by atoms with Crippen LogP contribution < -0.4 is 4.72 Å². The summed E-state index contributed by atoms with van der Waals surface area (Å²) in [7, 11) is -3.67. The molecule has 0 aromatic heterocycles. The van der Waals surface area contributed by atoms with Crippen LogP contribution in [-0.2, 0) is 14.8 Å². The van der Waals surface area contributed by atoms with Gasteiger partial charge in [-0.15, -0.1) is 11.8 Å². The summed E-state index contributed by atoms with van der Waals surface area (Å²) in [5.74, 6) is -0.943. The van der Waals surface area contributed by atoms with E-state index in [1.165, 1.54) is 11.8 Å². The molecule has 0 aliphatic carbocycles. The lowest BCUT2D eigenvalue weighted by atomic mass is 10.0. The monoisotopic (exact) mass is 317 g/mol. The van der Waals surface area contributed by atoms with Crippen molar-refractivity contribution in [1.29, 1.82) is 0 Å². The first kappa shape index (κ1) is 17.0. The van der Waals surface area contributed by atoms with Gasteiger partial charge in [-0.1, -0.05) is 12.1 Å². The zero-order chi connectivity index (χ0) is 15.4. The van der Waals surface area contributed by atoms with E-state index in [1.807, 2.05) is 6.26 Å². The first-order valence-electron chi connectivity index (χ1n) is 6.07. The highest BCUT2D eigenvalue weighted by Gasteiger charge is 2.28. The summed E-state index contributed by atoms with van der Waals surface area (Å²) < 4.78 is 27.4. The lowest BCUT2D eigenvalue weighted by Gasteiger charge is -2.25. The van der Waals surface area contributed by atoms with Crippen molar-refractivity contribution in [2.24, 2.45) is 0 Å². The van der Waals surface area contributed by atoms with Gasteiger partial charge in [0.2, 0.25) is 10.0 Å². The number of carbonyl (C=O) groups is 1. The second kappa shape index (κ2) is 6.60. The van der Waals surface area contributed by atoms with Crippen molar-refractivity contribution in [3.05, 3.63) is 24.3 Å². The molecule has 0 saturated carbocycles. The Morgan fingerprint density at radius 2 is 1.95 bits per heavy atom. The highest BCUT2D eigenvalue weighted by atomic mass is 32.2. The Bertz CT molecular complexity index is 582. The van der Waals surface area contributed by atoms with E-state index in [0.717, 1.165) is 0 Å². The van der Waals surface area contributed by atoms with E-state index in [1.54, 1.807) is 38.1 Å². The van der Waals surface area contributed by atoms with Crippen LogP contribution in [0.25, 0.3) is 0 Å². The van der Waals surface area contributed by atoms with Crippen LogP contribution in [0, 0.1) is 0 Å². The van der Waals surface area contributed by atoms with Crippen LogP contribution in [-0.4, -0.2) is 31.3 Å². The maximum atomic E-state index is 12.4. The SMILES string of the molecule is CSc1ccccc1S(=O)(=O)NC(C)(C)CCC(=O)O. The average Bonchev–Trinajstić information content (AvgIpc) is 2.35. The molecular weight excluding hydrogens is 298 g/mol. The van der Waals surface area contributed by atoms with Crippen molar-refractivity contribution >= 4 is 27.8 Å². The smallest absolute Gasteiger partial charge is 0.303 e. The van der Waals surface area contributed by atoms with Gasteiger partial charge in [0.05, 0.1) is 4.90 Å². The molecule has 0 unspecified atom stereocenters. The molecule has 1 rings (SSSR count). The Balaban J connectivity index is 2.97. The van der Waals surface area contributed by atoms with Crippen molar-refractivity contribution < 1.29 is 18.3 Å². The number of hydrogen-bond acceptors (Lipinski definition) is 4. The molecule has 0 spiro atoms. The maximum Gasteiger partial charge on any atom is 0.303 e. The minimum atomic E-state index is -3.67. The number of carboxylic acids is 1. The first-order valence-corrected chi connectivity index (χ1v) is 8.77. The summed E-state index contributed by atoms with van der Waals surface area (Å²) in [4.78, 5) is 11.5. The van der Waals surface area contributed by atoms with Crippen LogP contribution >= 0.6 is 11.8 Å². The molecule has 0 bridgehead atoms. The molecule has 0 radical (unpaired) electrons. The summed E-state index contributed by atoms with van der Waals surface area (Å²) in [6, 6.07) is 6.73. The fraction of sp³-hybridized carbons (Fsp3) is 0.462. The molecule has 2 N–H and O–H groups in total. The number of sulfonamides is 1. The Labute approximate surface area is 123 Å². The second-order valence-corrected chi connectivity index (χ2v) is 7.53. The highest BCUT2D eigenvalue weighted by Crippen LogP contribution is 2.26. The van der Waals surface area contributed by atoms with Crippen molar-refractivity contribution in [2.45, 2.75) is 42.0 Å². The fourth-order valence-corrected chi connectivity index (χ4v) is 4.32. The molecule has 0 heterocycles. The summed E-state index contributed by atoms with van der Waals surface area (Å²) in [5, 5.41) is 8.69. The lowest BCUT2D eigenvalue weighted by molar-refractivity contribution is -0.137. The van der Waals surface area contributed by atoms with Crippen molar-refractivity contribution in [3.63, 3.8) is 0 Å². The van der Waals surface area contributed by atoms with E-state index >= 15 is 0 Å². The van der Waals surface area contributed by atoms with Crippen LogP contribution in [0.1, 0.15) is 26.7 Å². The van der Waals surface area contributed by atoms with Gasteiger partial charge in [-0.05, 0) is 38.7 Å². The normalized spacial score (nSPS) is 12.3. The molecule has 0 aliphatic rings. The Morgan fingerprint density at radius 3 is 2.50 bits per heavy atom. The van der Waals surface area contributed by atoms with Crippen LogP contribution in [0.5, 0.6) is 0 Å². The molecule has 112 valence electrons. The summed E-state index contributed by atoms with van der Waals surface area (Å²) >= 11 is 1.35. The minimum Gasteiger partial charge on any atom is -0.481 e. The summed E-state index contributed by atoms with van der Waals surface area (Å²) in [5.41, 5.74) is -0.817. The topological polar surface area (TPSA) is 83.5 Å². The molecule has 0 aliphatic heterocycles. The third-order valence-electron chi connectivity index (χ3n) is 2.73. The highest BCUT2D eigenvalue weighted by molar-refractivity contribution is 7.99. The van der Waals surface area contributed by atoms with E-state index in [0.29, 0.717) is 4.90 Å². The van der Waals surface area contributed by atoms with Crippen molar-refractivity contribution in [3.8, 4) is 0 Å². The molecule has 0 amide bonds.